The van der Waals surface area contributed by atoms with Crippen LogP contribution in [0.1, 0.15) is 118 Å². The molecule has 1 rings (SSSR count). The molecule has 0 unspecified atom stereocenters. The van der Waals surface area contributed by atoms with E-state index in [1.807, 2.05) is 0 Å². The molecule has 0 aliphatic carbocycles. The predicted octanol–water partition coefficient (Wildman–Crippen LogP) is 4.63. The summed E-state index contributed by atoms with van der Waals surface area (Å²) in [6, 6.07) is 0. The molecule has 0 aromatic heterocycles. The SMILES string of the molecule is CC(=O)OC[C@H]1O[C@@H](OCCCCCCCCCCCCCCCC(=O)O)[C@H](OC(C)=O)[C@@H](OC(C)=O)[C@@H]1OC(C)=O. The molecule has 0 aromatic rings. The van der Waals surface area contributed by atoms with Crippen molar-refractivity contribution in [1.29, 1.82) is 0 Å². The van der Waals surface area contributed by atoms with Crippen LogP contribution in [-0.2, 0) is 52.4 Å². The lowest BCUT2D eigenvalue weighted by molar-refractivity contribution is -0.308. The Kier molecular flexibility index (Phi) is 19.4. The van der Waals surface area contributed by atoms with Crippen LogP contribution in [-0.4, -0.2) is 78.9 Å². The first kappa shape index (κ1) is 37.3. The van der Waals surface area contributed by atoms with Crippen molar-refractivity contribution >= 4 is 29.8 Å². The van der Waals surface area contributed by atoms with Gasteiger partial charge in [0.15, 0.2) is 24.6 Å². The van der Waals surface area contributed by atoms with Gasteiger partial charge in [0.05, 0.1) is 0 Å². The van der Waals surface area contributed by atoms with Crippen molar-refractivity contribution in [3.05, 3.63) is 0 Å². The van der Waals surface area contributed by atoms with Crippen LogP contribution < -0.4 is 0 Å². The van der Waals surface area contributed by atoms with Crippen molar-refractivity contribution in [2.45, 2.75) is 148 Å². The van der Waals surface area contributed by atoms with Crippen molar-refractivity contribution in [3.8, 4) is 0 Å². The Labute approximate surface area is 249 Å². The van der Waals surface area contributed by atoms with Crippen LogP contribution in [0.4, 0.5) is 0 Å². The third-order valence-electron chi connectivity index (χ3n) is 6.77. The lowest BCUT2D eigenvalue weighted by Gasteiger charge is -2.44. The van der Waals surface area contributed by atoms with E-state index >= 15 is 0 Å². The first-order valence-corrected chi connectivity index (χ1v) is 15.1. The summed E-state index contributed by atoms with van der Waals surface area (Å²) in [6.45, 7) is 4.77. The molecule has 1 aliphatic heterocycles. The fourth-order valence-electron chi connectivity index (χ4n) is 4.85. The highest BCUT2D eigenvalue weighted by molar-refractivity contribution is 5.68. The zero-order valence-corrected chi connectivity index (χ0v) is 25.6. The summed E-state index contributed by atoms with van der Waals surface area (Å²) in [7, 11) is 0. The van der Waals surface area contributed by atoms with Crippen molar-refractivity contribution in [3.63, 3.8) is 0 Å². The van der Waals surface area contributed by atoms with Gasteiger partial charge in [-0.25, -0.2) is 0 Å². The van der Waals surface area contributed by atoms with E-state index in [2.05, 4.69) is 0 Å². The Balaban J connectivity index is 2.47. The standard InChI is InChI=1S/C30H50O12/c1-21(31)38-20-25-27(39-22(2)32)28(40-23(3)33)29(41-24(4)34)30(42-25)37-19-17-15-13-11-9-7-5-6-8-10-12-14-16-18-26(35)36/h25,27-30H,5-20H2,1-4H3,(H,35,36)/t25-,27-,28+,29-,30-/m1/s1. The molecule has 0 bridgehead atoms. The second kappa shape index (κ2) is 21.9. The van der Waals surface area contributed by atoms with Gasteiger partial charge in [0, 0.05) is 40.7 Å². The molecule has 12 heteroatoms. The zero-order chi connectivity index (χ0) is 31.3. The molecular formula is C30H50O12. The van der Waals surface area contributed by atoms with Crippen LogP contribution in [0.3, 0.4) is 0 Å². The molecule has 242 valence electrons. The monoisotopic (exact) mass is 602 g/mol. The fraction of sp³-hybridized carbons (Fsp3) is 0.833. The molecular weight excluding hydrogens is 552 g/mol. The molecule has 1 N–H and O–H groups in total. The average Bonchev–Trinajstić information content (AvgIpc) is 2.89. The summed E-state index contributed by atoms with van der Waals surface area (Å²) in [5, 5.41) is 8.64. The van der Waals surface area contributed by atoms with Crippen LogP contribution in [0, 0.1) is 0 Å². The van der Waals surface area contributed by atoms with Crippen LogP contribution in [0.15, 0.2) is 0 Å². The molecule has 1 aliphatic rings. The number of hydrogen-bond donors (Lipinski definition) is 1. The van der Waals surface area contributed by atoms with E-state index in [1.54, 1.807) is 0 Å². The largest absolute Gasteiger partial charge is 0.481 e. The normalized spacial score (nSPS) is 21.8. The highest BCUT2D eigenvalue weighted by Gasteiger charge is 2.52. The molecule has 12 nitrogen and oxygen atoms in total. The van der Waals surface area contributed by atoms with Gasteiger partial charge < -0.3 is 33.5 Å². The second-order valence-electron chi connectivity index (χ2n) is 10.7. The van der Waals surface area contributed by atoms with Crippen LogP contribution in [0.2, 0.25) is 0 Å². The summed E-state index contributed by atoms with van der Waals surface area (Å²) in [5.74, 6) is -3.32. The van der Waals surface area contributed by atoms with Gasteiger partial charge in [0.1, 0.15) is 12.7 Å². The van der Waals surface area contributed by atoms with Crippen LogP contribution in [0.5, 0.6) is 0 Å². The van der Waals surface area contributed by atoms with E-state index in [-0.39, 0.29) is 13.0 Å². The molecule has 0 saturated carbocycles. The van der Waals surface area contributed by atoms with Crippen LogP contribution in [0.25, 0.3) is 0 Å². The minimum atomic E-state index is -1.23. The number of rotatable bonds is 22. The summed E-state index contributed by atoms with van der Waals surface area (Å²) in [5.41, 5.74) is 0. The maximum absolute atomic E-state index is 11.9. The van der Waals surface area contributed by atoms with Gasteiger partial charge in [-0.3, -0.25) is 24.0 Å². The highest BCUT2D eigenvalue weighted by atomic mass is 16.7. The number of hydrogen-bond acceptors (Lipinski definition) is 11. The van der Waals surface area contributed by atoms with Crippen molar-refractivity contribution in [2.24, 2.45) is 0 Å². The molecule has 42 heavy (non-hydrogen) atoms. The molecule has 0 amide bonds. The van der Waals surface area contributed by atoms with Crippen LogP contribution >= 0.6 is 0 Å². The first-order chi connectivity index (χ1) is 20.0. The Morgan fingerprint density at radius 3 is 1.45 bits per heavy atom. The average molecular weight is 603 g/mol. The molecule has 5 atom stereocenters. The van der Waals surface area contributed by atoms with Crippen molar-refractivity contribution in [2.75, 3.05) is 13.2 Å². The van der Waals surface area contributed by atoms with E-state index in [1.165, 1.54) is 66.2 Å². The zero-order valence-electron chi connectivity index (χ0n) is 25.6. The number of carboxylic acid groups (broad SMARTS) is 1. The van der Waals surface area contributed by atoms with E-state index in [0.717, 1.165) is 44.9 Å². The third kappa shape index (κ3) is 17.3. The molecule has 1 fully saturated rings. The molecule has 0 spiro atoms. The van der Waals surface area contributed by atoms with Gasteiger partial charge >= 0.3 is 29.8 Å². The predicted molar refractivity (Wildman–Crippen MR) is 150 cm³/mol. The molecule has 1 saturated heterocycles. The van der Waals surface area contributed by atoms with Gasteiger partial charge in [-0.1, -0.05) is 70.6 Å². The Morgan fingerprint density at radius 1 is 0.571 bits per heavy atom. The lowest BCUT2D eigenvalue weighted by atomic mass is 9.98. The maximum Gasteiger partial charge on any atom is 0.303 e. The molecule has 0 aromatic carbocycles. The second-order valence-corrected chi connectivity index (χ2v) is 10.7. The summed E-state index contributed by atoms with van der Waals surface area (Å²) < 4.78 is 33.1. The Bertz CT molecular complexity index is 829. The minimum Gasteiger partial charge on any atom is -0.481 e. The summed E-state index contributed by atoms with van der Waals surface area (Å²) in [6.07, 6.45) is 8.32. The van der Waals surface area contributed by atoms with Gasteiger partial charge in [-0.2, -0.15) is 0 Å². The highest BCUT2D eigenvalue weighted by Crippen LogP contribution is 2.30. The molecule has 0 radical (unpaired) electrons. The minimum absolute atomic E-state index is 0.266. The number of carboxylic acids is 1. The summed E-state index contributed by atoms with van der Waals surface area (Å²) >= 11 is 0. The van der Waals surface area contributed by atoms with Crippen molar-refractivity contribution in [1.82, 2.24) is 0 Å². The maximum atomic E-state index is 11.9. The quantitative estimate of drug-likeness (QED) is 0.104. The topological polar surface area (TPSA) is 161 Å². The van der Waals surface area contributed by atoms with E-state index in [4.69, 9.17) is 33.5 Å². The fourth-order valence-corrected chi connectivity index (χ4v) is 4.85. The Hall–Kier alpha value is -2.73. The summed E-state index contributed by atoms with van der Waals surface area (Å²) in [4.78, 5) is 57.5. The third-order valence-corrected chi connectivity index (χ3v) is 6.77. The number of aliphatic carboxylic acids is 1. The number of unbranched alkanes of at least 4 members (excludes halogenated alkanes) is 12. The van der Waals surface area contributed by atoms with E-state index < -0.39 is 60.6 Å². The lowest BCUT2D eigenvalue weighted by Crippen LogP contribution is -2.63. The first-order valence-electron chi connectivity index (χ1n) is 15.1. The Morgan fingerprint density at radius 2 is 1.00 bits per heavy atom. The van der Waals surface area contributed by atoms with Gasteiger partial charge in [0.2, 0.25) is 0 Å². The number of carbonyl (C=O) groups excluding carboxylic acids is 4. The van der Waals surface area contributed by atoms with Gasteiger partial charge in [-0.05, 0) is 12.8 Å². The number of carbonyl (C=O) groups is 5. The van der Waals surface area contributed by atoms with Gasteiger partial charge in [0.25, 0.3) is 0 Å². The number of ether oxygens (including phenoxy) is 6. The van der Waals surface area contributed by atoms with E-state index in [9.17, 15) is 24.0 Å². The smallest absolute Gasteiger partial charge is 0.303 e. The van der Waals surface area contributed by atoms with Gasteiger partial charge in [-0.15, -0.1) is 0 Å². The van der Waals surface area contributed by atoms with E-state index in [0.29, 0.717) is 6.61 Å². The van der Waals surface area contributed by atoms with Crippen molar-refractivity contribution < 1.29 is 57.5 Å². The molecule has 1 heterocycles. The number of esters is 4.